The lowest BCUT2D eigenvalue weighted by atomic mass is 10.2. The van der Waals surface area contributed by atoms with E-state index in [1.165, 1.54) is 5.56 Å². The summed E-state index contributed by atoms with van der Waals surface area (Å²) < 4.78 is 3.25. The van der Waals surface area contributed by atoms with Crippen molar-refractivity contribution in [3.63, 3.8) is 0 Å². The van der Waals surface area contributed by atoms with Gasteiger partial charge >= 0.3 is 6.03 Å². The fourth-order valence-electron chi connectivity index (χ4n) is 3.25. The Morgan fingerprint density at radius 3 is 2.53 bits per heavy atom. The number of nitrogens with one attached hydrogen (secondary N) is 2. The molecule has 0 radical (unpaired) electrons. The van der Waals surface area contributed by atoms with E-state index in [9.17, 15) is 4.79 Å². The maximum atomic E-state index is 12.1. The van der Waals surface area contributed by atoms with Crippen molar-refractivity contribution in [1.29, 1.82) is 0 Å². The monoisotopic (exact) mass is 460 g/mol. The van der Waals surface area contributed by atoms with Gasteiger partial charge in [-0.15, -0.1) is 0 Å². The van der Waals surface area contributed by atoms with Crippen molar-refractivity contribution in [2.75, 3.05) is 5.32 Å². The highest BCUT2D eigenvalue weighted by molar-refractivity contribution is 9.10. The normalized spacial score (nSPS) is 11.1. The van der Waals surface area contributed by atoms with Crippen molar-refractivity contribution in [2.24, 2.45) is 5.10 Å². The van der Waals surface area contributed by atoms with Crippen LogP contribution >= 0.6 is 15.9 Å². The highest BCUT2D eigenvalue weighted by Crippen LogP contribution is 2.22. The number of hydrogen-bond acceptors (Lipinski definition) is 2. The van der Waals surface area contributed by atoms with Crippen LogP contribution in [-0.4, -0.2) is 16.8 Å². The molecular formula is C24H21BrN4O. The molecule has 0 unspecified atom stereocenters. The average Bonchev–Trinajstić information content (AvgIpc) is 3.09. The van der Waals surface area contributed by atoms with E-state index in [1.807, 2.05) is 55.5 Å². The van der Waals surface area contributed by atoms with Gasteiger partial charge in [-0.05, 0) is 42.8 Å². The third kappa shape index (κ3) is 4.78. The molecule has 1 aromatic heterocycles. The zero-order chi connectivity index (χ0) is 20.9. The highest BCUT2D eigenvalue weighted by atomic mass is 79.9. The van der Waals surface area contributed by atoms with E-state index in [1.54, 1.807) is 6.21 Å². The second-order valence-electron chi connectivity index (χ2n) is 7.05. The number of rotatable bonds is 5. The van der Waals surface area contributed by atoms with Crippen molar-refractivity contribution >= 4 is 44.8 Å². The summed E-state index contributed by atoms with van der Waals surface area (Å²) in [6.45, 7) is 2.75. The van der Waals surface area contributed by atoms with Crippen LogP contribution in [0.4, 0.5) is 10.5 Å². The number of carbonyl (C=O) groups excluding carboxylic acids is 1. The highest BCUT2D eigenvalue weighted by Gasteiger charge is 2.07. The van der Waals surface area contributed by atoms with Crippen LogP contribution in [0, 0.1) is 6.92 Å². The van der Waals surface area contributed by atoms with Gasteiger partial charge in [-0.2, -0.15) is 5.10 Å². The van der Waals surface area contributed by atoms with Crippen LogP contribution in [0.2, 0.25) is 0 Å². The van der Waals surface area contributed by atoms with Crippen LogP contribution in [0.25, 0.3) is 10.9 Å². The number of carbonyl (C=O) groups is 1. The Morgan fingerprint density at radius 1 is 1.03 bits per heavy atom. The molecule has 0 aliphatic carbocycles. The smallest absolute Gasteiger partial charge is 0.339 e. The van der Waals surface area contributed by atoms with Gasteiger partial charge in [0.15, 0.2) is 0 Å². The molecular weight excluding hydrogens is 440 g/mol. The SMILES string of the molecule is Cc1ccc(NC(=O)N/N=C\c2cn(Cc3ccc(Br)cc3)c3ccccc23)cc1. The zero-order valence-corrected chi connectivity index (χ0v) is 18.1. The van der Waals surface area contributed by atoms with Gasteiger partial charge in [0.05, 0.1) is 6.21 Å². The topological polar surface area (TPSA) is 58.4 Å². The number of benzene rings is 3. The Hall–Kier alpha value is -3.38. The number of nitrogens with zero attached hydrogens (tertiary/aromatic N) is 2. The van der Waals surface area contributed by atoms with Gasteiger partial charge in [-0.1, -0.05) is 64.0 Å². The van der Waals surface area contributed by atoms with Crippen molar-refractivity contribution in [1.82, 2.24) is 9.99 Å². The van der Waals surface area contributed by atoms with Gasteiger partial charge in [0.25, 0.3) is 0 Å². The Bertz CT molecular complexity index is 1190. The molecule has 5 nitrogen and oxygen atoms in total. The van der Waals surface area contributed by atoms with E-state index < -0.39 is 0 Å². The molecule has 6 heteroatoms. The van der Waals surface area contributed by atoms with Crippen molar-refractivity contribution in [2.45, 2.75) is 13.5 Å². The summed E-state index contributed by atoms with van der Waals surface area (Å²) >= 11 is 3.47. The molecule has 0 fully saturated rings. The number of urea groups is 1. The summed E-state index contributed by atoms with van der Waals surface area (Å²) in [5.41, 5.74) is 7.65. The zero-order valence-electron chi connectivity index (χ0n) is 16.5. The number of para-hydroxylation sites is 1. The molecule has 0 bridgehead atoms. The lowest BCUT2D eigenvalue weighted by Crippen LogP contribution is -2.24. The van der Waals surface area contributed by atoms with E-state index in [0.29, 0.717) is 0 Å². The third-order valence-electron chi connectivity index (χ3n) is 4.76. The molecule has 2 N–H and O–H groups in total. The molecule has 4 rings (SSSR count). The van der Waals surface area contributed by atoms with Gasteiger partial charge in [0, 0.05) is 39.4 Å². The van der Waals surface area contributed by atoms with Gasteiger partial charge in [0.1, 0.15) is 0 Å². The third-order valence-corrected chi connectivity index (χ3v) is 5.29. The number of halogens is 1. The summed E-state index contributed by atoms with van der Waals surface area (Å²) in [5.74, 6) is 0. The molecule has 3 aromatic carbocycles. The number of fused-ring (bicyclic) bond motifs is 1. The van der Waals surface area contributed by atoms with Crippen LogP contribution in [-0.2, 0) is 6.54 Å². The first-order valence-electron chi connectivity index (χ1n) is 9.57. The number of hydrazone groups is 1. The van der Waals surface area contributed by atoms with E-state index in [4.69, 9.17) is 0 Å². The minimum absolute atomic E-state index is 0.381. The molecule has 0 saturated carbocycles. The second-order valence-corrected chi connectivity index (χ2v) is 7.96. The standard InChI is InChI=1S/C24H21BrN4O/c1-17-6-12-21(13-7-17)27-24(30)28-26-14-19-16-29(23-5-3-2-4-22(19)23)15-18-8-10-20(25)11-9-18/h2-14,16H,15H2,1H3,(H2,27,28,30)/b26-14-. The summed E-state index contributed by atoms with van der Waals surface area (Å²) in [7, 11) is 0. The molecule has 2 amide bonds. The molecule has 1 heterocycles. The minimum atomic E-state index is -0.381. The van der Waals surface area contributed by atoms with Gasteiger partial charge in [0.2, 0.25) is 0 Å². The Balaban J connectivity index is 1.49. The van der Waals surface area contributed by atoms with Crippen LogP contribution in [0.5, 0.6) is 0 Å². The number of aryl methyl sites for hydroxylation is 1. The van der Waals surface area contributed by atoms with Crippen molar-refractivity contribution in [3.8, 4) is 0 Å². The summed E-state index contributed by atoms with van der Waals surface area (Å²) in [6.07, 6.45) is 3.73. The Morgan fingerprint density at radius 2 is 1.77 bits per heavy atom. The number of anilines is 1. The Labute approximate surface area is 183 Å². The maximum absolute atomic E-state index is 12.1. The van der Waals surface area contributed by atoms with Crippen LogP contribution in [0.15, 0.2) is 88.6 Å². The summed E-state index contributed by atoms with van der Waals surface area (Å²) in [6, 6.07) is 23.7. The first-order valence-corrected chi connectivity index (χ1v) is 10.4. The lowest BCUT2D eigenvalue weighted by molar-refractivity contribution is 0.252. The number of amides is 2. The second kappa shape index (κ2) is 8.97. The first-order chi connectivity index (χ1) is 14.6. The first kappa shape index (κ1) is 19.9. The molecule has 0 aliphatic heterocycles. The summed E-state index contributed by atoms with van der Waals surface area (Å²) in [5, 5.41) is 7.98. The molecule has 0 aliphatic rings. The Kier molecular flexibility index (Phi) is 5.95. The predicted octanol–water partition coefficient (Wildman–Crippen LogP) is 5.92. The fourth-order valence-corrected chi connectivity index (χ4v) is 3.52. The van der Waals surface area contributed by atoms with Crippen LogP contribution in [0.3, 0.4) is 0 Å². The molecule has 30 heavy (non-hydrogen) atoms. The van der Waals surface area contributed by atoms with Crippen LogP contribution in [0.1, 0.15) is 16.7 Å². The molecule has 0 spiro atoms. The largest absolute Gasteiger partial charge is 0.342 e. The predicted molar refractivity (Wildman–Crippen MR) is 126 cm³/mol. The maximum Gasteiger partial charge on any atom is 0.339 e. The quantitative estimate of drug-likeness (QED) is 0.282. The van der Waals surface area contributed by atoms with Crippen LogP contribution < -0.4 is 10.7 Å². The van der Waals surface area contributed by atoms with Crippen molar-refractivity contribution < 1.29 is 4.79 Å². The van der Waals surface area contributed by atoms with Gasteiger partial charge in [-0.25, -0.2) is 10.2 Å². The van der Waals surface area contributed by atoms with Gasteiger partial charge < -0.3 is 9.88 Å². The average molecular weight is 461 g/mol. The number of hydrogen-bond donors (Lipinski definition) is 2. The van der Waals surface area contributed by atoms with Crippen molar-refractivity contribution in [3.05, 3.63) is 100 Å². The van der Waals surface area contributed by atoms with E-state index in [2.05, 4.69) is 66.8 Å². The summed E-state index contributed by atoms with van der Waals surface area (Å²) in [4.78, 5) is 12.1. The molecule has 150 valence electrons. The number of aromatic nitrogens is 1. The fraction of sp³-hybridized carbons (Fsp3) is 0.0833. The van der Waals surface area contributed by atoms with E-state index in [-0.39, 0.29) is 6.03 Å². The molecule has 4 aromatic rings. The minimum Gasteiger partial charge on any atom is -0.342 e. The van der Waals surface area contributed by atoms with E-state index in [0.717, 1.165) is 38.7 Å². The molecule has 0 atom stereocenters. The van der Waals surface area contributed by atoms with E-state index >= 15 is 0 Å². The van der Waals surface area contributed by atoms with Gasteiger partial charge in [-0.3, -0.25) is 0 Å². The molecule has 0 saturated heterocycles. The lowest BCUT2D eigenvalue weighted by Gasteiger charge is -2.05.